The van der Waals surface area contributed by atoms with E-state index < -0.39 is 0 Å². The van der Waals surface area contributed by atoms with Crippen LogP contribution < -0.4 is 0 Å². The van der Waals surface area contributed by atoms with Crippen LogP contribution in [0.2, 0.25) is 0 Å². The number of aromatic nitrogens is 3. The summed E-state index contributed by atoms with van der Waals surface area (Å²) >= 11 is 1.69. The lowest BCUT2D eigenvalue weighted by atomic mass is 10.2. The van der Waals surface area contributed by atoms with Crippen molar-refractivity contribution in [3.8, 4) is 11.4 Å². The molecule has 0 bridgehead atoms. The lowest BCUT2D eigenvalue weighted by Crippen LogP contribution is -2.04. The summed E-state index contributed by atoms with van der Waals surface area (Å²) in [7, 11) is 0. The van der Waals surface area contributed by atoms with Gasteiger partial charge in [-0.15, -0.1) is 10.2 Å². The largest absolute Gasteiger partial charge is 0.298 e. The molecule has 2 aromatic rings. The minimum absolute atomic E-state index is 0.251. The first-order valence-electron chi connectivity index (χ1n) is 6.93. The Hall–Kier alpha value is -1.62. The van der Waals surface area contributed by atoms with E-state index in [4.69, 9.17) is 0 Å². The van der Waals surface area contributed by atoms with E-state index in [0.29, 0.717) is 12.5 Å². The van der Waals surface area contributed by atoms with E-state index in [1.807, 2.05) is 11.5 Å². The highest BCUT2D eigenvalue weighted by atomic mass is 32.2. The van der Waals surface area contributed by atoms with E-state index in [-0.39, 0.29) is 5.82 Å². The van der Waals surface area contributed by atoms with Gasteiger partial charge in [0.15, 0.2) is 11.0 Å². The van der Waals surface area contributed by atoms with Crippen molar-refractivity contribution in [2.75, 3.05) is 5.75 Å². The molecule has 0 fully saturated rings. The number of hydrogen-bond donors (Lipinski definition) is 0. The maximum atomic E-state index is 13.1. The number of thioether (sulfide) groups is 1. The first kappa shape index (κ1) is 15.8. The van der Waals surface area contributed by atoms with E-state index in [2.05, 4.69) is 30.6 Å². The zero-order valence-electron chi connectivity index (χ0n) is 12.6. The van der Waals surface area contributed by atoms with Crippen molar-refractivity contribution in [1.82, 2.24) is 14.8 Å². The van der Waals surface area contributed by atoms with Crippen LogP contribution in [0.25, 0.3) is 11.4 Å². The standard InChI is InChI=1S/C16H20FN3S/c1-11(2)9-20-15(13-5-7-14(17)8-6-13)18-19-16(20)21-10-12(3)4/h5-8,12H,1,9-10H2,2-4H3. The molecule has 112 valence electrons. The SMILES string of the molecule is C=C(C)Cn1c(SCC(C)C)nnc1-c1ccc(F)cc1. The summed E-state index contributed by atoms with van der Waals surface area (Å²) in [6.07, 6.45) is 0. The van der Waals surface area contributed by atoms with E-state index in [1.54, 1.807) is 23.9 Å². The molecule has 0 atom stereocenters. The lowest BCUT2D eigenvalue weighted by Gasteiger charge is -2.10. The second-order valence-electron chi connectivity index (χ2n) is 5.56. The number of allylic oxidation sites excluding steroid dienone is 1. The Morgan fingerprint density at radius 3 is 2.52 bits per heavy atom. The molecule has 2 rings (SSSR count). The Labute approximate surface area is 129 Å². The highest BCUT2D eigenvalue weighted by Gasteiger charge is 2.14. The van der Waals surface area contributed by atoms with Crippen molar-refractivity contribution >= 4 is 11.8 Å². The summed E-state index contributed by atoms with van der Waals surface area (Å²) in [6.45, 7) is 11.0. The van der Waals surface area contributed by atoms with Crippen LogP contribution in [-0.2, 0) is 6.54 Å². The van der Waals surface area contributed by atoms with E-state index in [1.165, 1.54) is 12.1 Å². The minimum Gasteiger partial charge on any atom is -0.298 e. The topological polar surface area (TPSA) is 30.7 Å². The molecule has 0 aliphatic rings. The van der Waals surface area contributed by atoms with Gasteiger partial charge in [0.2, 0.25) is 0 Å². The summed E-state index contributed by atoms with van der Waals surface area (Å²) in [6, 6.07) is 6.34. The molecule has 0 aliphatic carbocycles. The quantitative estimate of drug-likeness (QED) is 0.585. The third kappa shape index (κ3) is 4.17. The molecule has 0 saturated heterocycles. The fourth-order valence-corrected chi connectivity index (χ4v) is 2.75. The van der Waals surface area contributed by atoms with Crippen molar-refractivity contribution in [1.29, 1.82) is 0 Å². The van der Waals surface area contributed by atoms with Crippen LogP contribution in [0.4, 0.5) is 4.39 Å². The van der Waals surface area contributed by atoms with Gasteiger partial charge in [-0.2, -0.15) is 0 Å². The first-order chi connectivity index (χ1) is 9.97. The van der Waals surface area contributed by atoms with Crippen LogP contribution >= 0.6 is 11.8 Å². The molecule has 0 amide bonds. The molecule has 21 heavy (non-hydrogen) atoms. The van der Waals surface area contributed by atoms with Crippen LogP contribution in [0, 0.1) is 11.7 Å². The Balaban J connectivity index is 2.36. The Bertz CT molecular complexity index is 617. The normalized spacial score (nSPS) is 11.1. The molecular formula is C16H20FN3S. The van der Waals surface area contributed by atoms with Gasteiger partial charge in [0.25, 0.3) is 0 Å². The van der Waals surface area contributed by atoms with Gasteiger partial charge in [-0.1, -0.05) is 37.8 Å². The summed E-state index contributed by atoms with van der Waals surface area (Å²) in [5, 5.41) is 9.44. The number of rotatable bonds is 6. The first-order valence-corrected chi connectivity index (χ1v) is 7.92. The Morgan fingerprint density at radius 2 is 1.95 bits per heavy atom. The molecule has 1 heterocycles. The van der Waals surface area contributed by atoms with Gasteiger partial charge < -0.3 is 0 Å². The molecule has 0 spiro atoms. The zero-order valence-corrected chi connectivity index (χ0v) is 13.5. The van der Waals surface area contributed by atoms with Crippen molar-refractivity contribution in [2.24, 2.45) is 5.92 Å². The third-order valence-electron chi connectivity index (χ3n) is 2.79. The van der Waals surface area contributed by atoms with Gasteiger partial charge >= 0.3 is 0 Å². The van der Waals surface area contributed by atoms with Gasteiger partial charge in [0.05, 0.1) is 0 Å². The summed E-state index contributed by atoms with van der Waals surface area (Å²) in [5.41, 5.74) is 1.89. The third-order valence-corrected chi connectivity index (χ3v) is 4.19. The molecule has 3 nitrogen and oxygen atoms in total. The molecule has 1 aromatic heterocycles. The molecular weight excluding hydrogens is 285 g/mol. The fraction of sp³-hybridized carbons (Fsp3) is 0.375. The molecule has 0 aliphatic heterocycles. The van der Waals surface area contributed by atoms with E-state index in [0.717, 1.165) is 27.9 Å². The number of nitrogens with zero attached hydrogens (tertiary/aromatic N) is 3. The zero-order chi connectivity index (χ0) is 15.4. The predicted molar refractivity (Wildman–Crippen MR) is 85.8 cm³/mol. The minimum atomic E-state index is -0.251. The molecule has 1 aromatic carbocycles. The lowest BCUT2D eigenvalue weighted by molar-refractivity contribution is 0.628. The maximum Gasteiger partial charge on any atom is 0.191 e. The van der Waals surface area contributed by atoms with Crippen LogP contribution in [0.5, 0.6) is 0 Å². The Kier molecular flexibility index (Phi) is 5.17. The number of benzene rings is 1. The van der Waals surface area contributed by atoms with Crippen molar-refractivity contribution < 1.29 is 4.39 Å². The van der Waals surface area contributed by atoms with Gasteiger partial charge in [-0.05, 0) is 37.1 Å². The van der Waals surface area contributed by atoms with Crippen LogP contribution in [0.15, 0.2) is 41.6 Å². The van der Waals surface area contributed by atoms with Gasteiger partial charge in [-0.3, -0.25) is 4.57 Å². The summed E-state index contributed by atoms with van der Waals surface area (Å²) in [4.78, 5) is 0. The van der Waals surface area contributed by atoms with E-state index >= 15 is 0 Å². The molecule has 0 N–H and O–H groups in total. The van der Waals surface area contributed by atoms with Crippen LogP contribution in [0.1, 0.15) is 20.8 Å². The van der Waals surface area contributed by atoms with Crippen LogP contribution in [-0.4, -0.2) is 20.5 Å². The van der Waals surface area contributed by atoms with Crippen LogP contribution in [0.3, 0.4) is 0 Å². The Morgan fingerprint density at radius 1 is 1.29 bits per heavy atom. The van der Waals surface area contributed by atoms with Crippen molar-refractivity contribution in [2.45, 2.75) is 32.5 Å². The van der Waals surface area contributed by atoms with Crippen molar-refractivity contribution in [3.63, 3.8) is 0 Å². The number of hydrogen-bond acceptors (Lipinski definition) is 3. The predicted octanol–water partition coefficient (Wildman–Crippen LogP) is 4.41. The highest BCUT2D eigenvalue weighted by Crippen LogP contribution is 2.26. The molecule has 5 heteroatoms. The smallest absolute Gasteiger partial charge is 0.191 e. The maximum absolute atomic E-state index is 13.1. The van der Waals surface area contributed by atoms with E-state index in [9.17, 15) is 4.39 Å². The van der Waals surface area contributed by atoms with Gasteiger partial charge in [-0.25, -0.2) is 4.39 Å². The molecule has 0 unspecified atom stereocenters. The number of halogens is 1. The fourth-order valence-electron chi connectivity index (χ4n) is 1.86. The van der Waals surface area contributed by atoms with Gasteiger partial charge in [0, 0.05) is 17.9 Å². The summed E-state index contributed by atoms with van der Waals surface area (Å²) in [5.74, 6) is 2.07. The summed E-state index contributed by atoms with van der Waals surface area (Å²) < 4.78 is 15.1. The highest BCUT2D eigenvalue weighted by molar-refractivity contribution is 7.99. The second-order valence-corrected chi connectivity index (χ2v) is 6.55. The second kappa shape index (κ2) is 6.89. The van der Waals surface area contributed by atoms with Crippen molar-refractivity contribution in [3.05, 3.63) is 42.2 Å². The average molecular weight is 305 g/mol. The van der Waals surface area contributed by atoms with Gasteiger partial charge in [0.1, 0.15) is 5.82 Å². The average Bonchev–Trinajstić information content (AvgIpc) is 2.79. The molecule has 0 saturated carbocycles. The molecule has 0 radical (unpaired) electrons. The monoisotopic (exact) mass is 305 g/mol.